The minimum atomic E-state index is 0.535. The summed E-state index contributed by atoms with van der Waals surface area (Å²) >= 11 is 0. The predicted molar refractivity (Wildman–Crippen MR) is 33.5 cm³/mol. The summed E-state index contributed by atoms with van der Waals surface area (Å²) in [5, 5.41) is 0. The van der Waals surface area contributed by atoms with Gasteiger partial charge in [0.25, 0.3) is 0 Å². The molecule has 2 unspecified atom stereocenters. The zero-order chi connectivity index (χ0) is 5.98. The second kappa shape index (κ2) is 2.49. The van der Waals surface area contributed by atoms with E-state index in [-0.39, 0.29) is 0 Å². The molecule has 2 atom stereocenters. The third-order valence-electron chi connectivity index (χ3n) is 1.82. The molecule has 1 aliphatic rings. The van der Waals surface area contributed by atoms with Crippen LogP contribution in [0.25, 0.3) is 0 Å². The normalized spacial score (nSPS) is 31.5. The van der Waals surface area contributed by atoms with Gasteiger partial charge in [0.05, 0.1) is 6.10 Å². The van der Waals surface area contributed by atoms with Crippen molar-refractivity contribution in [2.75, 3.05) is 6.61 Å². The number of hydrogen-bond acceptors (Lipinski definition) is 1. The Bertz CT molecular complexity index is 64.0. The molecule has 0 amide bonds. The van der Waals surface area contributed by atoms with Crippen molar-refractivity contribution in [3.63, 3.8) is 0 Å². The van der Waals surface area contributed by atoms with Gasteiger partial charge in [-0.15, -0.1) is 0 Å². The summed E-state index contributed by atoms with van der Waals surface area (Å²) in [5.74, 6) is 0.670. The van der Waals surface area contributed by atoms with Crippen LogP contribution in [0.15, 0.2) is 0 Å². The van der Waals surface area contributed by atoms with Crippen LogP contribution in [0, 0.1) is 12.8 Å². The quantitative estimate of drug-likeness (QED) is 0.529. The van der Waals surface area contributed by atoms with E-state index in [9.17, 15) is 0 Å². The zero-order valence-corrected chi connectivity index (χ0v) is 5.39. The van der Waals surface area contributed by atoms with Crippen molar-refractivity contribution in [2.45, 2.75) is 25.9 Å². The largest absolute Gasteiger partial charge is 0.378 e. The number of hydrogen-bond donors (Lipinski definition) is 0. The average molecular weight is 113 g/mol. The summed E-state index contributed by atoms with van der Waals surface area (Å²) in [4.78, 5) is 0. The maximum Gasteiger partial charge on any atom is 0.0622 e. The van der Waals surface area contributed by atoms with E-state index in [0.717, 1.165) is 13.0 Å². The first-order chi connectivity index (χ1) is 3.84. The molecule has 0 aromatic carbocycles. The average Bonchev–Trinajstić information content (AvgIpc) is 1.62. The van der Waals surface area contributed by atoms with Crippen LogP contribution in [0.5, 0.6) is 0 Å². The minimum absolute atomic E-state index is 0.535. The summed E-state index contributed by atoms with van der Waals surface area (Å²) < 4.78 is 5.24. The summed E-state index contributed by atoms with van der Waals surface area (Å²) in [6.07, 6.45) is 2.79. The first-order valence-electron chi connectivity index (χ1n) is 3.25. The van der Waals surface area contributed by atoms with Crippen LogP contribution in [0.1, 0.15) is 19.8 Å². The molecule has 0 bridgehead atoms. The van der Waals surface area contributed by atoms with E-state index in [2.05, 4.69) is 13.8 Å². The van der Waals surface area contributed by atoms with Crippen molar-refractivity contribution in [2.24, 2.45) is 5.92 Å². The molecule has 0 aromatic heterocycles. The maximum atomic E-state index is 5.24. The lowest BCUT2D eigenvalue weighted by Gasteiger charge is -2.31. The Kier molecular flexibility index (Phi) is 1.90. The molecule has 1 aliphatic heterocycles. The lowest BCUT2D eigenvalue weighted by Crippen LogP contribution is -2.32. The second-order valence-electron chi connectivity index (χ2n) is 2.46. The third kappa shape index (κ3) is 1.03. The maximum absolute atomic E-state index is 5.24. The minimum Gasteiger partial charge on any atom is -0.378 e. The highest BCUT2D eigenvalue weighted by Crippen LogP contribution is 2.21. The fourth-order valence-corrected chi connectivity index (χ4v) is 0.889. The Balaban J connectivity index is 2.13. The standard InChI is InChI=1S/C7H13O/c1-3-6(2)7-4-5-8-7/h6-7H,1,3-5H2,2H3. The van der Waals surface area contributed by atoms with Crippen molar-refractivity contribution >= 4 is 0 Å². The Morgan fingerprint density at radius 1 is 1.88 bits per heavy atom. The van der Waals surface area contributed by atoms with Gasteiger partial charge in [-0.25, -0.2) is 0 Å². The summed E-state index contributed by atoms with van der Waals surface area (Å²) in [5.41, 5.74) is 0. The van der Waals surface area contributed by atoms with E-state index < -0.39 is 0 Å². The summed E-state index contributed by atoms with van der Waals surface area (Å²) in [6, 6.07) is 0. The van der Waals surface area contributed by atoms with Crippen molar-refractivity contribution in [1.29, 1.82) is 0 Å². The van der Waals surface area contributed by atoms with Crippen LogP contribution in [-0.4, -0.2) is 12.7 Å². The fraction of sp³-hybridized carbons (Fsp3) is 0.857. The van der Waals surface area contributed by atoms with Crippen LogP contribution in [0.3, 0.4) is 0 Å². The molecule has 8 heavy (non-hydrogen) atoms. The van der Waals surface area contributed by atoms with Crippen LogP contribution in [0.2, 0.25) is 0 Å². The third-order valence-corrected chi connectivity index (χ3v) is 1.82. The molecule has 1 fully saturated rings. The van der Waals surface area contributed by atoms with Crippen LogP contribution in [0.4, 0.5) is 0 Å². The van der Waals surface area contributed by atoms with E-state index >= 15 is 0 Å². The van der Waals surface area contributed by atoms with E-state index in [0.29, 0.717) is 12.0 Å². The van der Waals surface area contributed by atoms with Crippen LogP contribution in [-0.2, 0) is 4.74 Å². The van der Waals surface area contributed by atoms with Crippen molar-refractivity contribution < 1.29 is 4.74 Å². The molecule has 0 aromatic rings. The molecule has 1 radical (unpaired) electrons. The molecule has 0 N–H and O–H groups in total. The molecule has 0 saturated carbocycles. The van der Waals surface area contributed by atoms with Gasteiger partial charge >= 0.3 is 0 Å². The molecule has 1 heteroatoms. The smallest absolute Gasteiger partial charge is 0.0622 e. The van der Waals surface area contributed by atoms with Crippen molar-refractivity contribution in [1.82, 2.24) is 0 Å². The molecule has 1 saturated heterocycles. The molecule has 0 spiro atoms. The molecule has 47 valence electrons. The zero-order valence-electron chi connectivity index (χ0n) is 5.39. The highest BCUT2D eigenvalue weighted by molar-refractivity contribution is 4.73. The molecular weight excluding hydrogens is 100 g/mol. The lowest BCUT2D eigenvalue weighted by atomic mass is 9.96. The van der Waals surface area contributed by atoms with Crippen molar-refractivity contribution in [3.05, 3.63) is 6.92 Å². The first kappa shape index (κ1) is 6.09. The Labute approximate surface area is 51.0 Å². The SMILES string of the molecule is [CH2]CC(C)C1CCO1. The van der Waals surface area contributed by atoms with Gasteiger partial charge in [0, 0.05) is 6.61 Å². The Morgan fingerprint density at radius 2 is 2.50 bits per heavy atom. The molecule has 1 rings (SSSR count). The fourth-order valence-electron chi connectivity index (χ4n) is 0.889. The highest BCUT2D eigenvalue weighted by Gasteiger charge is 2.22. The van der Waals surface area contributed by atoms with Gasteiger partial charge in [-0.1, -0.05) is 13.8 Å². The van der Waals surface area contributed by atoms with E-state index in [1.807, 2.05) is 0 Å². The van der Waals surface area contributed by atoms with Gasteiger partial charge in [0.15, 0.2) is 0 Å². The lowest BCUT2D eigenvalue weighted by molar-refractivity contribution is -0.0798. The van der Waals surface area contributed by atoms with Gasteiger partial charge in [-0.3, -0.25) is 0 Å². The monoisotopic (exact) mass is 113 g/mol. The van der Waals surface area contributed by atoms with E-state index in [1.54, 1.807) is 0 Å². The predicted octanol–water partition coefficient (Wildman–Crippen LogP) is 1.64. The second-order valence-corrected chi connectivity index (χ2v) is 2.46. The molecular formula is C7H13O. The van der Waals surface area contributed by atoms with E-state index in [1.165, 1.54) is 6.42 Å². The summed E-state index contributed by atoms with van der Waals surface area (Å²) in [6.45, 7) is 6.97. The Morgan fingerprint density at radius 3 is 2.62 bits per heavy atom. The van der Waals surface area contributed by atoms with Gasteiger partial charge in [0.2, 0.25) is 0 Å². The van der Waals surface area contributed by atoms with Gasteiger partial charge in [0.1, 0.15) is 0 Å². The molecule has 1 nitrogen and oxygen atoms in total. The van der Waals surface area contributed by atoms with Gasteiger partial charge in [-0.2, -0.15) is 0 Å². The molecule has 0 aliphatic carbocycles. The summed E-state index contributed by atoms with van der Waals surface area (Å²) in [7, 11) is 0. The first-order valence-corrected chi connectivity index (χ1v) is 3.25. The van der Waals surface area contributed by atoms with Crippen LogP contribution < -0.4 is 0 Å². The highest BCUT2D eigenvalue weighted by atomic mass is 16.5. The van der Waals surface area contributed by atoms with Crippen molar-refractivity contribution in [3.8, 4) is 0 Å². The topological polar surface area (TPSA) is 9.23 Å². The number of ether oxygens (including phenoxy) is 1. The van der Waals surface area contributed by atoms with E-state index in [4.69, 9.17) is 4.74 Å². The van der Waals surface area contributed by atoms with Gasteiger partial charge in [-0.05, 0) is 18.8 Å². The number of rotatable bonds is 2. The Hall–Kier alpha value is -0.0400. The van der Waals surface area contributed by atoms with Gasteiger partial charge < -0.3 is 4.74 Å². The molecule has 1 heterocycles. The van der Waals surface area contributed by atoms with Crippen LogP contribution >= 0.6 is 0 Å².